The minimum atomic E-state index is -0.181. The number of hydrogen-bond acceptors (Lipinski definition) is 2. The fraction of sp³-hybridized carbons (Fsp3) is 0.111. The second-order valence-electron chi connectivity index (χ2n) is 4.91. The van der Waals surface area contributed by atoms with Crippen molar-refractivity contribution in [3.8, 4) is 0 Å². The lowest BCUT2D eigenvalue weighted by Crippen LogP contribution is -2.02. The van der Waals surface area contributed by atoms with Crippen molar-refractivity contribution in [2.45, 2.75) is 16.2 Å². The van der Waals surface area contributed by atoms with Gasteiger partial charge < -0.3 is 5.73 Å². The van der Waals surface area contributed by atoms with Gasteiger partial charge in [0.2, 0.25) is 0 Å². The van der Waals surface area contributed by atoms with Crippen LogP contribution in [0.3, 0.4) is 0 Å². The zero-order chi connectivity index (χ0) is 14.7. The van der Waals surface area contributed by atoms with Crippen molar-refractivity contribution in [1.82, 2.24) is 0 Å². The topological polar surface area (TPSA) is 26.0 Å². The lowest BCUT2D eigenvalue weighted by molar-refractivity contribution is 0.599. The Balaban J connectivity index is 1.87. The second kappa shape index (κ2) is 6.29. The van der Waals surface area contributed by atoms with Gasteiger partial charge in [0.05, 0.1) is 0 Å². The second-order valence-corrected chi connectivity index (χ2v) is 6.03. The first-order valence-electron chi connectivity index (χ1n) is 6.91. The molecule has 21 heavy (non-hydrogen) atoms. The van der Waals surface area contributed by atoms with E-state index in [0.29, 0.717) is 17.9 Å². The number of rotatable bonds is 4. The van der Waals surface area contributed by atoms with Crippen LogP contribution < -0.4 is 5.73 Å². The van der Waals surface area contributed by atoms with Crippen molar-refractivity contribution in [2.24, 2.45) is 5.73 Å². The van der Waals surface area contributed by atoms with Crippen LogP contribution in [-0.4, -0.2) is 6.54 Å². The van der Waals surface area contributed by atoms with Gasteiger partial charge in [-0.05, 0) is 53.6 Å². The Labute approximate surface area is 128 Å². The van der Waals surface area contributed by atoms with Gasteiger partial charge in [0.25, 0.3) is 0 Å². The molecule has 0 saturated carbocycles. The van der Waals surface area contributed by atoms with E-state index in [2.05, 4.69) is 24.3 Å². The predicted molar refractivity (Wildman–Crippen MR) is 87.2 cm³/mol. The summed E-state index contributed by atoms with van der Waals surface area (Å²) in [7, 11) is 0. The summed E-state index contributed by atoms with van der Waals surface area (Å²) in [6, 6.07) is 19.7. The van der Waals surface area contributed by atoms with Crippen molar-refractivity contribution in [1.29, 1.82) is 0 Å². The largest absolute Gasteiger partial charge is 0.330 e. The number of nitrogens with two attached hydrogens (primary N) is 1. The summed E-state index contributed by atoms with van der Waals surface area (Å²) >= 11 is 1.45. The maximum Gasteiger partial charge on any atom is 0.137 e. The molecule has 3 aromatic rings. The number of fused-ring (bicyclic) bond motifs is 1. The summed E-state index contributed by atoms with van der Waals surface area (Å²) in [6.07, 6.45) is 0.706. The molecule has 1 nitrogen and oxygen atoms in total. The highest BCUT2D eigenvalue weighted by molar-refractivity contribution is 7.99. The van der Waals surface area contributed by atoms with Crippen LogP contribution in [0, 0.1) is 5.82 Å². The van der Waals surface area contributed by atoms with Crippen molar-refractivity contribution in [2.75, 3.05) is 6.54 Å². The van der Waals surface area contributed by atoms with Gasteiger partial charge in [0.1, 0.15) is 5.82 Å². The summed E-state index contributed by atoms with van der Waals surface area (Å²) < 4.78 is 14.1. The minimum absolute atomic E-state index is 0.181. The van der Waals surface area contributed by atoms with Crippen LogP contribution in [0.1, 0.15) is 5.56 Å². The molecule has 0 aliphatic heterocycles. The van der Waals surface area contributed by atoms with Gasteiger partial charge in [0, 0.05) is 9.79 Å². The van der Waals surface area contributed by atoms with Gasteiger partial charge in [-0.1, -0.05) is 48.2 Å². The highest BCUT2D eigenvalue weighted by Gasteiger charge is 2.06. The van der Waals surface area contributed by atoms with E-state index in [1.54, 1.807) is 6.07 Å². The third-order valence-electron chi connectivity index (χ3n) is 3.38. The van der Waals surface area contributed by atoms with Gasteiger partial charge in [-0.15, -0.1) is 0 Å². The monoisotopic (exact) mass is 297 g/mol. The average molecular weight is 297 g/mol. The van der Waals surface area contributed by atoms with E-state index in [-0.39, 0.29) is 5.82 Å². The van der Waals surface area contributed by atoms with Gasteiger partial charge in [-0.25, -0.2) is 4.39 Å². The zero-order valence-corrected chi connectivity index (χ0v) is 12.4. The van der Waals surface area contributed by atoms with Crippen molar-refractivity contribution in [3.05, 3.63) is 72.0 Å². The van der Waals surface area contributed by atoms with Gasteiger partial charge in [0.15, 0.2) is 0 Å². The zero-order valence-electron chi connectivity index (χ0n) is 11.6. The van der Waals surface area contributed by atoms with Gasteiger partial charge in [-0.3, -0.25) is 0 Å². The number of halogens is 1. The van der Waals surface area contributed by atoms with Crippen LogP contribution in [0.15, 0.2) is 70.5 Å². The Morgan fingerprint density at radius 2 is 1.71 bits per heavy atom. The van der Waals surface area contributed by atoms with Crippen molar-refractivity contribution < 1.29 is 4.39 Å². The molecule has 0 heterocycles. The van der Waals surface area contributed by atoms with E-state index in [0.717, 1.165) is 10.5 Å². The first-order chi connectivity index (χ1) is 10.3. The highest BCUT2D eigenvalue weighted by Crippen LogP contribution is 2.32. The van der Waals surface area contributed by atoms with Gasteiger partial charge >= 0.3 is 0 Å². The normalized spacial score (nSPS) is 11.0. The summed E-state index contributed by atoms with van der Waals surface area (Å²) in [4.78, 5) is 1.69. The lowest BCUT2D eigenvalue weighted by Gasteiger charge is -2.07. The third kappa shape index (κ3) is 3.26. The van der Waals surface area contributed by atoms with E-state index in [1.165, 1.54) is 22.5 Å². The Morgan fingerprint density at radius 3 is 2.48 bits per heavy atom. The molecule has 0 amide bonds. The SMILES string of the molecule is NCCc1ccc(Sc2ccc3ccccc3c2)c(F)c1. The van der Waals surface area contributed by atoms with E-state index in [1.807, 2.05) is 30.3 Å². The molecule has 0 bridgehead atoms. The Kier molecular flexibility index (Phi) is 4.23. The third-order valence-corrected chi connectivity index (χ3v) is 4.42. The molecule has 0 aliphatic carbocycles. The molecule has 106 valence electrons. The summed E-state index contributed by atoms with van der Waals surface area (Å²) in [5, 5.41) is 2.36. The first kappa shape index (κ1) is 14.1. The molecular formula is C18H16FNS. The molecule has 0 saturated heterocycles. The summed E-state index contributed by atoms with van der Waals surface area (Å²) in [6.45, 7) is 0.538. The average Bonchev–Trinajstić information content (AvgIpc) is 2.50. The fourth-order valence-electron chi connectivity index (χ4n) is 2.31. The van der Waals surface area contributed by atoms with Crippen LogP contribution in [0.5, 0.6) is 0 Å². The smallest absolute Gasteiger partial charge is 0.137 e. The van der Waals surface area contributed by atoms with Crippen LogP contribution in [0.25, 0.3) is 10.8 Å². The number of benzene rings is 3. The van der Waals surface area contributed by atoms with Crippen LogP contribution >= 0.6 is 11.8 Å². The molecule has 0 atom stereocenters. The molecule has 0 radical (unpaired) electrons. The minimum Gasteiger partial charge on any atom is -0.330 e. The van der Waals surface area contributed by atoms with Crippen LogP contribution in [-0.2, 0) is 6.42 Å². The standard InChI is InChI=1S/C18H16FNS/c19-17-11-13(9-10-20)5-8-18(17)21-16-7-6-14-3-1-2-4-15(14)12-16/h1-8,11-12H,9-10,20H2. The fourth-order valence-corrected chi connectivity index (χ4v) is 3.18. The molecule has 3 aromatic carbocycles. The van der Waals surface area contributed by atoms with Crippen LogP contribution in [0.4, 0.5) is 4.39 Å². The van der Waals surface area contributed by atoms with Crippen molar-refractivity contribution >= 4 is 22.5 Å². The Morgan fingerprint density at radius 1 is 0.905 bits per heavy atom. The van der Waals surface area contributed by atoms with Crippen molar-refractivity contribution in [3.63, 3.8) is 0 Å². The molecule has 0 spiro atoms. The molecular weight excluding hydrogens is 281 g/mol. The quantitative estimate of drug-likeness (QED) is 0.759. The lowest BCUT2D eigenvalue weighted by atomic mass is 10.1. The molecule has 0 fully saturated rings. The molecule has 3 heteroatoms. The molecule has 0 unspecified atom stereocenters. The summed E-state index contributed by atoms with van der Waals surface area (Å²) in [5.41, 5.74) is 6.44. The maximum atomic E-state index is 14.1. The van der Waals surface area contributed by atoms with E-state index < -0.39 is 0 Å². The maximum absolute atomic E-state index is 14.1. The first-order valence-corrected chi connectivity index (χ1v) is 7.73. The Hall–Kier alpha value is -1.84. The number of hydrogen-bond donors (Lipinski definition) is 1. The Bertz CT molecular complexity index is 770. The highest BCUT2D eigenvalue weighted by atomic mass is 32.2. The van der Waals surface area contributed by atoms with E-state index in [9.17, 15) is 4.39 Å². The molecule has 0 aromatic heterocycles. The van der Waals surface area contributed by atoms with Crippen LogP contribution in [0.2, 0.25) is 0 Å². The molecule has 2 N–H and O–H groups in total. The van der Waals surface area contributed by atoms with E-state index in [4.69, 9.17) is 5.73 Å². The van der Waals surface area contributed by atoms with Gasteiger partial charge in [-0.2, -0.15) is 0 Å². The molecule has 0 aliphatic rings. The summed E-state index contributed by atoms with van der Waals surface area (Å²) in [5.74, 6) is -0.181. The molecule has 3 rings (SSSR count). The van der Waals surface area contributed by atoms with E-state index >= 15 is 0 Å². The predicted octanol–water partition coefficient (Wildman–Crippen LogP) is 4.63.